The average molecular weight is 406 g/mol. The maximum absolute atomic E-state index is 13.3. The van der Waals surface area contributed by atoms with Crippen molar-refractivity contribution in [2.24, 2.45) is 0 Å². The quantitative estimate of drug-likeness (QED) is 0.684. The number of pyridine rings is 1. The number of aliphatic hydroxyl groups excluding tert-OH is 1. The predicted octanol–water partition coefficient (Wildman–Crippen LogP) is 5.23. The van der Waals surface area contributed by atoms with Gasteiger partial charge >= 0.3 is 12.4 Å². The van der Waals surface area contributed by atoms with Crippen molar-refractivity contribution < 1.29 is 31.4 Å². The van der Waals surface area contributed by atoms with Crippen LogP contribution >= 0.6 is 0 Å². The maximum atomic E-state index is 13.3. The molecule has 154 valence electrons. The molecular weight excluding hydrogens is 386 g/mol. The molecule has 1 aromatic heterocycles. The summed E-state index contributed by atoms with van der Waals surface area (Å²) >= 11 is 0. The van der Waals surface area contributed by atoms with Crippen LogP contribution in [-0.4, -0.2) is 22.7 Å². The first kappa shape index (κ1) is 20.9. The Morgan fingerprint density at radius 3 is 2.32 bits per heavy atom. The molecule has 1 saturated carbocycles. The Hall–Kier alpha value is -1.87. The Morgan fingerprint density at radius 1 is 1.04 bits per heavy atom. The van der Waals surface area contributed by atoms with Crippen LogP contribution in [0.2, 0.25) is 0 Å². The number of benzene rings is 1. The first-order valence-corrected chi connectivity index (χ1v) is 9.07. The van der Waals surface area contributed by atoms with E-state index in [1.54, 1.807) is 0 Å². The fourth-order valence-corrected chi connectivity index (χ4v) is 3.62. The van der Waals surface area contributed by atoms with Crippen LogP contribution in [-0.2, 0) is 12.4 Å². The lowest BCUT2D eigenvalue weighted by atomic mass is 9.95. The third kappa shape index (κ3) is 4.57. The van der Waals surface area contributed by atoms with Crippen LogP contribution in [0.3, 0.4) is 0 Å². The summed E-state index contributed by atoms with van der Waals surface area (Å²) in [4.78, 5) is 3.23. The van der Waals surface area contributed by atoms with Crippen LogP contribution in [0, 0.1) is 0 Å². The molecule has 1 unspecified atom stereocenters. The van der Waals surface area contributed by atoms with Gasteiger partial charge in [0.1, 0.15) is 5.69 Å². The monoisotopic (exact) mass is 406 g/mol. The number of fused-ring (bicyclic) bond motifs is 1. The zero-order chi connectivity index (χ0) is 20.5. The summed E-state index contributed by atoms with van der Waals surface area (Å²) in [6, 6.07) is 3.81. The van der Waals surface area contributed by atoms with Crippen LogP contribution in [0.25, 0.3) is 10.9 Å². The third-order valence-corrected chi connectivity index (χ3v) is 5.03. The van der Waals surface area contributed by atoms with E-state index in [-0.39, 0.29) is 23.5 Å². The molecule has 9 heteroatoms. The Bertz CT molecular complexity index is 828. The van der Waals surface area contributed by atoms with Crippen molar-refractivity contribution in [3.63, 3.8) is 0 Å². The highest BCUT2D eigenvalue weighted by molar-refractivity contribution is 5.86. The fraction of sp³-hybridized carbons (Fsp3) is 0.526. The van der Waals surface area contributed by atoms with Crippen LogP contribution < -0.4 is 5.32 Å². The number of hydrogen-bond donors (Lipinski definition) is 2. The Balaban J connectivity index is 2.02. The number of para-hydroxylation sites is 1. The molecule has 1 fully saturated rings. The van der Waals surface area contributed by atoms with E-state index in [4.69, 9.17) is 0 Å². The summed E-state index contributed by atoms with van der Waals surface area (Å²) < 4.78 is 79.5. The van der Waals surface area contributed by atoms with Crippen molar-refractivity contribution in [3.05, 3.63) is 41.1 Å². The molecule has 0 amide bonds. The van der Waals surface area contributed by atoms with Crippen LogP contribution in [0.1, 0.15) is 55.0 Å². The highest BCUT2D eigenvalue weighted by atomic mass is 19.4. The number of aliphatic hydroxyl groups is 1. The number of halogens is 6. The normalized spacial score (nSPS) is 17.8. The molecule has 0 spiro atoms. The van der Waals surface area contributed by atoms with Gasteiger partial charge in [0.25, 0.3) is 0 Å². The highest BCUT2D eigenvalue weighted by Crippen LogP contribution is 2.38. The lowest BCUT2D eigenvalue weighted by molar-refractivity contribution is -0.142. The summed E-state index contributed by atoms with van der Waals surface area (Å²) in [5.41, 5.74) is -3.74. The number of hydrogen-bond acceptors (Lipinski definition) is 3. The molecule has 3 rings (SSSR count). The van der Waals surface area contributed by atoms with Crippen molar-refractivity contribution in [1.82, 2.24) is 10.3 Å². The largest absolute Gasteiger partial charge is 0.433 e. The topological polar surface area (TPSA) is 45.1 Å². The molecule has 0 bridgehead atoms. The SMILES string of the molecule is OC(CNC1CCCCC1)c1cc(C(F)(F)F)nc2c(C(F)(F)F)cccc12. The lowest BCUT2D eigenvalue weighted by Crippen LogP contribution is -2.34. The summed E-state index contributed by atoms with van der Waals surface area (Å²) in [5.74, 6) is 0. The summed E-state index contributed by atoms with van der Waals surface area (Å²) in [6.45, 7) is -0.0443. The first-order valence-electron chi connectivity index (χ1n) is 9.07. The van der Waals surface area contributed by atoms with Crippen molar-refractivity contribution in [3.8, 4) is 0 Å². The minimum atomic E-state index is -4.93. The number of nitrogens with zero attached hydrogens (tertiary/aromatic N) is 1. The van der Waals surface area contributed by atoms with E-state index in [0.29, 0.717) is 12.1 Å². The molecule has 28 heavy (non-hydrogen) atoms. The van der Waals surface area contributed by atoms with E-state index in [2.05, 4.69) is 10.3 Å². The van der Waals surface area contributed by atoms with Gasteiger partial charge in [0, 0.05) is 18.0 Å². The number of rotatable bonds is 4. The van der Waals surface area contributed by atoms with Gasteiger partial charge in [-0.05, 0) is 30.5 Å². The van der Waals surface area contributed by atoms with E-state index < -0.39 is 35.2 Å². The number of nitrogens with one attached hydrogen (secondary N) is 1. The van der Waals surface area contributed by atoms with Crippen molar-refractivity contribution in [2.45, 2.75) is 56.6 Å². The summed E-state index contributed by atoms with van der Waals surface area (Å²) in [5, 5.41) is 13.5. The second-order valence-corrected chi connectivity index (χ2v) is 7.05. The molecule has 0 aliphatic heterocycles. The van der Waals surface area contributed by atoms with Gasteiger partial charge in [-0.1, -0.05) is 31.4 Å². The van der Waals surface area contributed by atoms with Gasteiger partial charge in [-0.2, -0.15) is 26.3 Å². The molecular formula is C19H20F6N2O. The molecule has 0 saturated heterocycles. The van der Waals surface area contributed by atoms with Gasteiger partial charge in [-0.15, -0.1) is 0 Å². The van der Waals surface area contributed by atoms with E-state index in [0.717, 1.165) is 38.2 Å². The van der Waals surface area contributed by atoms with E-state index in [1.165, 1.54) is 6.07 Å². The van der Waals surface area contributed by atoms with Crippen molar-refractivity contribution >= 4 is 10.9 Å². The van der Waals surface area contributed by atoms with E-state index >= 15 is 0 Å². The van der Waals surface area contributed by atoms with Gasteiger partial charge < -0.3 is 10.4 Å². The Labute approximate surface area is 157 Å². The molecule has 1 aromatic carbocycles. The molecule has 2 N–H and O–H groups in total. The van der Waals surface area contributed by atoms with E-state index in [9.17, 15) is 31.4 Å². The van der Waals surface area contributed by atoms with Gasteiger partial charge in [-0.25, -0.2) is 4.98 Å². The smallest absolute Gasteiger partial charge is 0.387 e. The molecule has 1 aliphatic rings. The van der Waals surface area contributed by atoms with Gasteiger partial charge in [0.2, 0.25) is 0 Å². The Morgan fingerprint density at radius 2 is 1.71 bits per heavy atom. The molecule has 1 aliphatic carbocycles. The molecule has 2 aromatic rings. The highest BCUT2D eigenvalue weighted by Gasteiger charge is 2.38. The van der Waals surface area contributed by atoms with Gasteiger partial charge in [0.05, 0.1) is 17.2 Å². The zero-order valence-electron chi connectivity index (χ0n) is 14.9. The molecule has 0 radical (unpaired) electrons. The summed E-state index contributed by atoms with van der Waals surface area (Å²) in [6.07, 6.45) is -6.22. The van der Waals surface area contributed by atoms with E-state index in [1.807, 2.05) is 0 Å². The van der Waals surface area contributed by atoms with Crippen molar-refractivity contribution in [1.29, 1.82) is 0 Å². The molecule has 1 atom stereocenters. The molecule has 1 heterocycles. The van der Waals surface area contributed by atoms with Crippen LogP contribution in [0.15, 0.2) is 24.3 Å². The minimum absolute atomic E-state index is 0.0443. The maximum Gasteiger partial charge on any atom is 0.433 e. The zero-order valence-corrected chi connectivity index (χ0v) is 14.9. The average Bonchev–Trinajstić information content (AvgIpc) is 2.64. The van der Waals surface area contributed by atoms with Crippen LogP contribution in [0.4, 0.5) is 26.3 Å². The predicted molar refractivity (Wildman–Crippen MR) is 91.6 cm³/mol. The standard InChI is InChI=1S/C19H20F6N2O/c20-18(21,22)14-8-4-7-12-13(9-16(19(23,24)25)27-17(12)14)15(28)10-26-11-5-2-1-3-6-11/h4,7-9,11,15,26,28H,1-3,5-6,10H2. The second kappa shape index (κ2) is 7.87. The van der Waals surface area contributed by atoms with Crippen LogP contribution in [0.5, 0.6) is 0 Å². The fourth-order valence-electron chi connectivity index (χ4n) is 3.62. The van der Waals surface area contributed by atoms with Gasteiger partial charge in [0.15, 0.2) is 0 Å². The third-order valence-electron chi connectivity index (χ3n) is 5.03. The number of alkyl halides is 6. The minimum Gasteiger partial charge on any atom is -0.387 e. The first-order chi connectivity index (χ1) is 13.1. The summed E-state index contributed by atoms with van der Waals surface area (Å²) in [7, 11) is 0. The molecule has 3 nitrogen and oxygen atoms in total. The van der Waals surface area contributed by atoms with Crippen molar-refractivity contribution in [2.75, 3.05) is 6.54 Å². The van der Waals surface area contributed by atoms with Gasteiger partial charge in [-0.3, -0.25) is 0 Å². The number of aromatic nitrogens is 1. The second-order valence-electron chi connectivity index (χ2n) is 7.05. The lowest BCUT2D eigenvalue weighted by Gasteiger charge is -2.25. The Kier molecular flexibility index (Phi) is 5.86.